The molecule has 2 atom stereocenters. The molecule has 5 aliphatic rings. The van der Waals surface area contributed by atoms with Gasteiger partial charge in [0.15, 0.2) is 0 Å². The number of nitrogens with zero attached hydrogens (tertiary/aromatic N) is 4. The average molecular weight is 566 g/mol. The monoisotopic (exact) mass is 565 g/mol. The first kappa shape index (κ1) is 26.4. The topological polar surface area (TPSA) is 90.8 Å². The molecule has 2 heterocycles. The van der Waals surface area contributed by atoms with Crippen molar-refractivity contribution in [3.63, 3.8) is 0 Å². The summed E-state index contributed by atoms with van der Waals surface area (Å²) in [4.78, 5) is 24.5. The standard InChI is InChI=1S/C27H31ClF3N5O3/c1-39-21-10-18(2-3-20(21)33-25-32-14-19(23(28)34-25)27(29,30)31)35-4-6-36(7-5-35)22-16-8-15-9-17(22)13-26(11-15,12-16)24(37)38/h2-3,10,14-17,22H,4-9,11-13H2,1H3,(H,37,38)(H,32,33,34)/t15?,16?,17?,22-,26+. The van der Waals surface area contributed by atoms with E-state index in [0.717, 1.165) is 64.0 Å². The number of carboxylic acid groups (broad SMARTS) is 1. The number of nitrogens with one attached hydrogen (secondary N) is 1. The summed E-state index contributed by atoms with van der Waals surface area (Å²) < 4.78 is 44.4. The van der Waals surface area contributed by atoms with Gasteiger partial charge in [0.1, 0.15) is 16.5 Å². The van der Waals surface area contributed by atoms with Crippen molar-refractivity contribution in [2.45, 2.75) is 44.3 Å². The maximum atomic E-state index is 13.0. The summed E-state index contributed by atoms with van der Waals surface area (Å²) in [6.07, 6.45) is 0.852. The molecule has 4 bridgehead atoms. The summed E-state index contributed by atoms with van der Waals surface area (Å²) in [5, 5.41) is 12.2. The Morgan fingerprint density at radius 3 is 2.44 bits per heavy atom. The van der Waals surface area contributed by atoms with Crippen molar-refractivity contribution in [2.24, 2.45) is 23.2 Å². The number of hydrogen-bond acceptors (Lipinski definition) is 7. The van der Waals surface area contributed by atoms with Gasteiger partial charge >= 0.3 is 12.1 Å². The number of anilines is 3. The van der Waals surface area contributed by atoms with Crippen molar-refractivity contribution < 1.29 is 27.8 Å². The van der Waals surface area contributed by atoms with Gasteiger partial charge in [-0.05, 0) is 62.0 Å². The Labute approximate surface area is 229 Å². The van der Waals surface area contributed by atoms with Gasteiger partial charge in [-0.2, -0.15) is 13.2 Å². The van der Waals surface area contributed by atoms with Crippen LogP contribution >= 0.6 is 11.6 Å². The molecule has 5 fully saturated rings. The maximum absolute atomic E-state index is 13.0. The number of halogens is 4. The van der Waals surface area contributed by atoms with E-state index in [-0.39, 0.29) is 5.95 Å². The van der Waals surface area contributed by atoms with Gasteiger partial charge in [-0.15, -0.1) is 0 Å². The van der Waals surface area contributed by atoms with E-state index in [4.69, 9.17) is 16.3 Å². The van der Waals surface area contributed by atoms with Crippen LogP contribution in [0.1, 0.15) is 37.7 Å². The molecule has 0 amide bonds. The van der Waals surface area contributed by atoms with Crippen LogP contribution in [0.2, 0.25) is 5.15 Å². The Kier molecular flexibility index (Phi) is 6.57. The number of alkyl halides is 3. The Balaban J connectivity index is 1.11. The summed E-state index contributed by atoms with van der Waals surface area (Å²) in [7, 11) is 1.53. The first-order chi connectivity index (χ1) is 18.6. The molecule has 2 N–H and O–H groups in total. The lowest BCUT2D eigenvalue weighted by Crippen LogP contribution is -2.63. The second-order valence-electron chi connectivity index (χ2n) is 11.5. The first-order valence-electron chi connectivity index (χ1n) is 13.3. The average Bonchev–Trinajstić information content (AvgIpc) is 2.88. The molecule has 12 heteroatoms. The largest absolute Gasteiger partial charge is 0.494 e. The van der Waals surface area contributed by atoms with Crippen molar-refractivity contribution in [1.29, 1.82) is 0 Å². The first-order valence-corrected chi connectivity index (χ1v) is 13.7. The lowest BCUT2D eigenvalue weighted by Gasteiger charge is -2.61. The molecule has 1 aliphatic heterocycles. The van der Waals surface area contributed by atoms with Crippen molar-refractivity contribution in [2.75, 3.05) is 43.5 Å². The summed E-state index contributed by atoms with van der Waals surface area (Å²) in [5.74, 6) is 1.38. The van der Waals surface area contributed by atoms with E-state index in [0.29, 0.717) is 41.4 Å². The van der Waals surface area contributed by atoms with E-state index < -0.39 is 28.3 Å². The van der Waals surface area contributed by atoms with E-state index in [1.807, 2.05) is 12.1 Å². The van der Waals surface area contributed by atoms with Gasteiger partial charge in [0, 0.05) is 50.2 Å². The fourth-order valence-electron chi connectivity index (χ4n) is 7.85. The van der Waals surface area contributed by atoms with Crippen LogP contribution in [-0.4, -0.2) is 65.3 Å². The van der Waals surface area contributed by atoms with Crippen molar-refractivity contribution in [1.82, 2.24) is 14.9 Å². The smallest absolute Gasteiger partial charge is 0.420 e. The predicted octanol–water partition coefficient (Wildman–Crippen LogP) is 5.30. The second kappa shape index (κ2) is 9.69. The van der Waals surface area contributed by atoms with E-state index >= 15 is 0 Å². The van der Waals surface area contributed by atoms with Crippen molar-refractivity contribution in [3.05, 3.63) is 35.1 Å². The summed E-state index contributed by atoms with van der Waals surface area (Å²) in [6, 6.07) is 6.10. The molecule has 7 rings (SSSR count). The minimum Gasteiger partial charge on any atom is -0.494 e. The number of carbonyl (C=O) groups is 1. The molecule has 1 aromatic carbocycles. The van der Waals surface area contributed by atoms with E-state index in [1.54, 1.807) is 6.07 Å². The van der Waals surface area contributed by atoms with Crippen LogP contribution in [0.15, 0.2) is 24.4 Å². The maximum Gasteiger partial charge on any atom is 0.420 e. The molecule has 2 unspecified atom stereocenters. The Morgan fingerprint density at radius 1 is 1.15 bits per heavy atom. The minimum absolute atomic E-state index is 0.0620. The minimum atomic E-state index is -4.63. The van der Waals surface area contributed by atoms with Crippen LogP contribution in [0, 0.1) is 23.2 Å². The van der Waals surface area contributed by atoms with Crippen LogP contribution in [0.4, 0.5) is 30.5 Å². The molecule has 0 radical (unpaired) electrons. The van der Waals surface area contributed by atoms with Crippen LogP contribution in [-0.2, 0) is 11.0 Å². The van der Waals surface area contributed by atoms with Gasteiger partial charge in [-0.3, -0.25) is 9.69 Å². The van der Waals surface area contributed by atoms with Crippen LogP contribution < -0.4 is 15.0 Å². The third-order valence-corrected chi connectivity index (χ3v) is 9.55. The summed E-state index contributed by atoms with van der Waals surface area (Å²) in [5.41, 5.74) is -0.0843. The molecule has 39 heavy (non-hydrogen) atoms. The Hall–Kier alpha value is -2.79. The second-order valence-corrected chi connectivity index (χ2v) is 11.8. The zero-order chi connectivity index (χ0) is 27.5. The van der Waals surface area contributed by atoms with Gasteiger partial charge in [0.2, 0.25) is 5.95 Å². The molecule has 210 valence electrons. The van der Waals surface area contributed by atoms with E-state index in [2.05, 4.69) is 25.1 Å². The third kappa shape index (κ3) is 4.77. The van der Waals surface area contributed by atoms with Crippen molar-refractivity contribution in [3.8, 4) is 5.75 Å². The molecule has 0 spiro atoms. The van der Waals surface area contributed by atoms with Gasteiger partial charge in [0.05, 0.1) is 18.2 Å². The lowest BCUT2D eigenvalue weighted by molar-refractivity contribution is -0.173. The molecule has 1 saturated heterocycles. The molecule has 2 aromatic rings. The number of methoxy groups -OCH3 is 1. The molecule has 1 aromatic heterocycles. The highest BCUT2D eigenvalue weighted by Gasteiger charge is 2.59. The van der Waals surface area contributed by atoms with Crippen molar-refractivity contribution >= 4 is 34.9 Å². The highest BCUT2D eigenvalue weighted by Crippen LogP contribution is 2.61. The molecule has 4 aliphatic carbocycles. The fraction of sp³-hybridized carbons (Fsp3) is 0.593. The number of aliphatic carboxylic acids is 1. The highest BCUT2D eigenvalue weighted by atomic mass is 35.5. The summed E-state index contributed by atoms with van der Waals surface area (Å²) in [6.45, 7) is 3.53. The lowest BCUT2D eigenvalue weighted by atomic mass is 9.47. The third-order valence-electron chi connectivity index (χ3n) is 9.26. The number of aromatic nitrogens is 2. The normalized spacial score (nSPS) is 30.4. The van der Waals surface area contributed by atoms with Crippen LogP contribution in [0.3, 0.4) is 0 Å². The number of rotatable bonds is 6. The number of ether oxygens (including phenoxy) is 1. The highest BCUT2D eigenvalue weighted by molar-refractivity contribution is 6.30. The van der Waals surface area contributed by atoms with E-state index in [1.165, 1.54) is 7.11 Å². The fourth-order valence-corrected chi connectivity index (χ4v) is 8.08. The zero-order valence-corrected chi connectivity index (χ0v) is 22.3. The number of piperazine rings is 1. The predicted molar refractivity (Wildman–Crippen MR) is 140 cm³/mol. The number of benzene rings is 1. The Bertz CT molecular complexity index is 1250. The molecule has 4 saturated carbocycles. The van der Waals surface area contributed by atoms with E-state index in [9.17, 15) is 23.1 Å². The van der Waals surface area contributed by atoms with Gasteiger partial charge < -0.3 is 20.1 Å². The number of hydrogen-bond donors (Lipinski definition) is 2. The Morgan fingerprint density at radius 2 is 1.85 bits per heavy atom. The van der Waals surface area contributed by atoms with Crippen LogP contribution in [0.5, 0.6) is 5.75 Å². The van der Waals surface area contributed by atoms with Gasteiger partial charge in [0.25, 0.3) is 0 Å². The number of carboxylic acids is 1. The summed E-state index contributed by atoms with van der Waals surface area (Å²) >= 11 is 5.73. The molecular weight excluding hydrogens is 535 g/mol. The molecule has 8 nitrogen and oxygen atoms in total. The SMILES string of the molecule is COc1cc(N2CCN([C@H]3C4CC5CC3C[C@@](C(=O)O)(C5)C4)CC2)ccc1Nc1ncc(C(F)(F)F)c(Cl)n1. The quantitative estimate of drug-likeness (QED) is 0.456. The molecular formula is C27H31ClF3N5O3. The zero-order valence-electron chi connectivity index (χ0n) is 21.5. The van der Waals surface area contributed by atoms with Gasteiger partial charge in [-0.1, -0.05) is 11.6 Å². The van der Waals surface area contributed by atoms with Gasteiger partial charge in [-0.25, -0.2) is 9.97 Å². The van der Waals surface area contributed by atoms with Crippen LogP contribution in [0.25, 0.3) is 0 Å².